The maximum Gasteiger partial charge on any atom is 0.276 e. The van der Waals surface area contributed by atoms with Gasteiger partial charge >= 0.3 is 0 Å². The van der Waals surface area contributed by atoms with E-state index in [2.05, 4.69) is 10.3 Å². The Hall–Kier alpha value is -2.22. The molecule has 2 aromatic rings. The first-order valence-electron chi connectivity index (χ1n) is 7.75. The van der Waals surface area contributed by atoms with Crippen molar-refractivity contribution >= 4 is 15.7 Å². The molecule has 1 amide bonds. The van der Waals surface area contributed by atoms with E-state index in [4.69, 9.17) is 0 Å². The van der Waals surface area contributed by atoms with Crippen LogP contribution in [0, 0.1) is 13.8 Å². The fourth-order valence-electron chi connectivity index (χ4n) is 2.87. The van der Waals surface area contributed by atoms with Crippen molar-refractivity contribution in [3.8, 4) is 5.69 Å². The first kappa shape index (κ1) is 16.6. The van der Waals surface area contributed by atoms with Crippen LogP contribution in [-0.4, -0.2) is 58.8 Å². The van der Waals surface area contributed by atoms with Gasteiger partial charge in [0, 0.05) is 13.1 Å². The quantitative estimate of drug-likeness (QED) is 0.830. The van der Waals surface area contributed by atoms with Crippen molar-refractivity contribution in [1.29, 1.82) is 0 Å². The van der Waals surface area contributed by atoms with E-state index in [9.17, 15) is 13.2 Å². The van der Waals surface area contributed by atoms with Crippen molar-refractivity contribution in [2.75, 3.05) is 18.6 Å². The number of aryl methyl sites for hydroxylation is 1. The number of benzene rings is 1. The van der Waals surface area contributed by atoms with Gasteiger partial charge < -0.3 is 4.90 Å². The number of carbonyl (C=O) groups is 1. The minimum Gasteiger partial charge on any atom is -0.336 e. The van der Waals surface area contributed by atoms with E-state index in [-0.39, 0.29) is 29.1 Å². The summed E-state index contributed by atoms with van der Waals surface area (Å²) in [5, 5.41) is 8.09. The molecule has 2 heterocycles. The lowest BCUT2D eigenvalue weighted by Crippen LogP contribution is -2.38. The summed E-state index contributed by atoms with van der Waals surface area (Å²) in [6.07, 6.45) is 0.468. The Morgan fingerprint density at radius 2 is 1.92 bits per heavy atom. The summed E-state index contributed by atoms with van der Waals surface area (Å²) in [4.78, 5) is 14.2. The van der Waals surface area contributed by atoms with Crippen LogP contribution in [-0.2, 0) is 9.84 Å². The highest BCUT2D eigenvalue weighted by Gasteiger charge is 2.34. The molecule has 1 aliphatic rings. The topological polar surface area (TPSA) is 85.2 Å². The Balaban J connectivity index is 1.85. The van der Waals surface area contributed by atoms with Crippen molar-refractivity contribution < 1.29 is 13.2 Å². The van der Waals surface area contributed by atoms with E-state index in [1.807, 2.05) is 31.2 Å². The van der Waals surface area contributed by atoms with Gasteiger partial charge in [0.05, 0.1) is 22.9 Å². The van der Waals surface area contributed by atoms with Gasteiger partial charge in [0.2, 0.25) is 0 Å². The summed E-state index contributed by atoms with van der Waals surface area (Å²) in [5.41, 5.74) is 2.85. The van der Waals surface area contributed by atoms with E-state index in [1.54, 1.807) is 18.7 Å². The zero-order valence-corrected chi connectivity index (χ0v) is 14.7. The van der Waals surface area contributed by atoms with Crippen molar-refractivity contribution in [3.05, 3.63) is 41.2 Å². The summed E-state index contributed by atoms with van der Waals surface area (Å²) in [6, 6.07) is 7.46. The molecule has 1 saturated heterocycles. The molecule has 1 atom stereocenters. The molecule has 0 saturated carbocycles. The average molecular weight is 348 g/mol. The van der Waals surface area contributed by atoms with Gasteiger partial charge in [0.25, 0.3) is 5.91 Å². The molecule has 3 rings (SSSR count). The monoisotopic (exact) mass is 348 g/mol. The smallest absolute Gasteiger partial charge is 0.276 e. The van der Waals surface area contributed by atoms with E-state index < -0.39 is 9.84 Å². The van der Waals surface area contributed by atoms with Crippen LogP contribution in [0.1, 0.15) is 28.2 Å². The van der Waals surface area contributed by atoms with Crippen LogP contribution in [0.5, 0.6) is 0 Å². The van der Waals surface area contributed by atoms with E-state index in [0.29, 0.717) is 12.1 Å². The number of carbonyl (C=O) groups excluding carboxylic acids is 1. The van der Waals surface area contributed by atoms with Gasteiger partial charge in [-0.2, -0.15) is 0 Å². The number of rotatable bonds is 3. The number of nitrogens with zero attached hydrogens (tertiary/aromatic N) is 4. The fourth-order valence-corrected chi connectivity index (χ4v) is 4.65. The van der Waals surface area contributed by atoms with Crippen molar-refractivity contribution in [2.24, 2.45) is 0 Å². The molecule has 1 aromatic heterocycles. The first-order valence-corrected chi connectivity index (χ1v) is 9.57. The average Bonchev–Trinajstić information content (AvgIpc) is 3.09. The standard InChI is InChI=1S/C16H20N4O3S/c1-11-4-6-13(7-5-11)20-12(2)15(17-18-20)16(21)19(3)14-8-9-24(22,23)10-14/h4-7,14H,8-10H2,1-3H3/t14-/m0/s1. The molecule has 1 fully saturated rings. The minimum atomic E-state index is -3.04. The van der Waals surface area contributed by atoms with Crippen LogP contribution in [0.2, 0.25) is 0 Å². The zero-order chi connectivity index (χ0) is 17.5. The molecule has 0 radical (unpaired) electrons. The van der Waals surface area contributed by atoms with Crippen LogP contribution >= 0.6 is 0 Å². The largest absolute Gasteiger partial charge is 0.336 e. The molecule has 0 aliphatic carbocycles. The predicted molar refractivity (Wildman–Crippen MR) is 90.0 cm³/mol. The maximum atomic E-state index is 12.7. The molecule has 0 spiro atoms. The van der Waals surface area contributed by atoms with Crippen molar-refractivity contribution in [1.82, 2.24) is 19.9 Å². The number of amides is 1. The first-order chi connectivity index (χ1) is 11.3. The molecule has 1 aliphatic heterocycles. The Morgan fingerprint density at radius 1 is 1.25 bits per heavy atom. The van der Waals surface area contributed by atoms with Gasteiger partial charge in [-0.25, -0.2) is 13.1 Å². The summed E-state index contributed by atoms with van der Waals surface area (Å²) >= 11 is 0. The third kappa shape index (κ3) is 3.06. The van der Waals surface area contributed by atoms with E-state index >= 15 is 0 Å². The Kier molecular flexibility index (Phi) is 4.16. The molecule has 0 N–H and O–H groups in total. The highest BCUT2D eigenvalue weighted by atomic mass is 32.2. The van der Waals surface area contributed by atoms with Crippen LogP contribution in [0.3, 0.4) is 0 Å². The van der Waals surface area contributed by atoms with Crippen LogP contribution in [0.4, 0.5) is 0 Å². The molecule has 1 aromatic carbocycles. The van der Waals surface area contributed by atoms with Crippen LogP contribution in [0.15, 0.2) is 24.3 Å². The van der Waals surface area contributed by atoms with Gasteiger partial charge in [-0.15, -0.1) is 5.10 Å². The molecular weight excluding hydrogens is 328 g/mol. The Bertz CT molecular complexity index is 871. The van der Waals surface area contributed by atoms with E-state index in [1.165, 1.54) is 4.90 Å². The number of hydrogen-bond acceptors (Lipinski definition) is 5. The number of hydrogen-bond donors (Lipinski definition) is 0. The molecular formula is C16H20N4O3S. The van der Waals surface area contributed by atoms with Gasteiger partial charge in [0.1, 0.15) is 0 Å². The third-order valence-electron chi connectivity index (χ3n) is 4.45. The Labute approximate surface area is 141 Å². The summed E-state index contributed by atoms with van der Waals surface area (Å²) in [5.74, 6) is -0.155. The fraction of sp³-hybridized carbons (Fsp3) is 0.438. The second-order valence-corrected chi connectivity index (χ2v) is 8.47. The highest BCUT2D eigenvalue weighted by molar-refractivity contribution is 7.91. The molecule has 24 heavy (non-hydrogen) atoms. The summed E-state index contributed by atoms with van der Waals surface area (Å²) < 4.78 is 24.9. The molecule has 0 bridgehead atoms. The SMILES string of the molecule is Cc1ccc(-n2nnc(C(=O)N(C)[C@H]3CCS(=O)(=O)C3)c2C)cc1. The molecule has 8 heteroatoms. The molecule has 0 unspecified atom stereocenters. The summed E-state index contributed by atoms with van der Waals surface area (Å²) in [7, 11) is -1.42. The van der Waals surface area contributed by atoms with E-state index in [0.717, 1.165) is 11.3 Å². The second kappa shape index (κ2) is 6.01. The lowest BCUT2D eigenvalue weighted by atomic mass is 10.2. The second-order valence-electron chi connectivity index (χ2n) is 6.24. The van der Waals surface area contributed by atoms with Crippen molar-refractivity contribution in [3.63, 3.8) is 0 Å². The maximum absolute atomic E-state index is 12.7. The van der Waals surface area contributed by atoms with Gasteiger partial charge in [-0.3, -0.25) is 4.79 Å². The third-order valence-corrected chi connectivity index (χ3v) is 6.20. The lowest BCUT2D eigenvalue weighted by Gasteiger charge is -2.22. The predicted octanol–water partition coefficient (Wildman–Crippen LogP) is 1.14. The van der Waals surface area contributed by atoms with Crippen LogP contribution in [0.25, 0.3) is 5.69 Å². The normalized spacial score (nSPS) is 19.4. The van der Waals surface area contributed by atoms with Gasteiger partial charge in [0.15, 0.2) is 15.5 Å². The number of aromatic nitrogens is 3. The minimum absolute atomic E-state index is 0.0143. The lowest BCUT2D eigenvalue weighted by molar-refractivity contribution is 0.0741. The van der Waals surface area contributed by atoms with Gasteiger partial charge in [-0.1, -0.05) is 22.9 Å². The zero-order valence-electron chi connectivity index (χ0n) is 13.9. The van der Waals surface area contributed by atoms with Gasteiger partial charge in [-0.05, 0) is 32.4 Å². The van der Waals surface area contributed by atoms with Crippen LogP contribution < -0.4 is 0 Å². The van der Waals surface area contributed by atoms with Crippen molar-refractivity contribution in [2.45, 2.75) is 26.3 Å². The Morgan fingerprint density at radius 3 is 2.50 bits per heavy atom. The number of sulfone groups is 1. The summed E-state index contributed by atoms with van der Waals surface area (Å²) in [6.45, 7) is 3.78. The highest BCUT2D eigenvalue weighted by Crippen LogP contribution is 2.20. The molecule has 7 nitrogen and oxygen atoms in total. The molecule has 128 valence electrons.